The van der Waals surface area contributed by atoms with Gasteiger partial charge in [0.15, 0.2) is 5.13 Å². The lowest BCUT2D eigenvalue weighted by Crippen LogP contribution is -2.40. The maximum absolute atomic E-state index is 11.1. The van der Waals surface area contributed by atoms with E-state index in [-0.39, 0.29) is 0 Å². The van der Waals surface area contributed by atoms with E-state index in [1.54, 1.807) is 6.20 Å². The van der Waals surface area contributed by atoms with Gasteiger partial charge in [0.25, 0.3) is 0 Å². The monoisotopic (exact) mass is 226 g/mol. The smallest absolute Gasteiger partial charge is 0.326 e. The SMILES string of the molecule is O=C(O)C1CCCCCN1c1nccs1. The van der Waals surface area contributed by atoms with Crippen molar-refractivity contribution in [3.8, 4) is 0 Å². The van der Waals surface area contributed by atoms with Gasteiger partial charge in [0.2, 0.25) is 0 Å². The molecule has 2 heterocycles. The van der Waals surface area contributed by atoms with Crippen LogP contribution in [0.25, 0.3) is 0 Å². The molecule has 1 N–H and O–H groups in total. The van der Waals surface area contributed by atoms with E-state index in [2.05, 4.69) is 4.98 Å². The molecule has 0 bridgehead atoms. The molecular formula is C10H14N2O2S. The average molecular weight is 226 g/mol. The summed E-state index contributed by atoms with van der Waals surface area (Å²) in [5, 5.41) is 11.9. The molecule has 1 aliphatic heterocycles. The van der Waals surface area contributed by atoms with Crippen LogP contribution in [0.5, 0.6) is 0 Å². The second-order valence-electron chi connectivity index (χ2n) is 3.71. The van der Waals surface area contributed by atoms with E-state index in [0.29, 0.717) is 0 Å². The van der Waals surface area contributed by atoms with Gasteiger partial charge in [-0.1, -0.05) is 12.8 Å². The van der Waals surface area contributed by atoms with Gasteiger partial charge in [-0.3, -0.25) is 0 Å². The zero-order chi connectivity index (χ0) is 10.7. The summed E-state index contributed by atoms with van der Waals surface area (Å²) in [7, 11) is 0. The molecule has 1 unspecified atom stereocenters. The number of hydrogen-bond acceptors (Lipinski definition) is 4. The molecule has 0 radical (unpaired) electrons. The molecule has 82 valence electrons. The lowest BCUT2D eigenvalue weighted by molar-refractivity contribution is -0.138. The number of anilines is 1. The summed E-state index contributed by atoms with van der Waals surface area (Å²) < 4.78 is 0. The predicted molar refractivity (Wildman–Crippen MR) is 59.4 cm³/mol. The maximum atomic E-state index is 11.1. The molecular weight excluding hydrogens is 212 g/mol. The van der Waals surface area contributed by atoms with Gasteiger partial charge in [-0.25, -0.2) is 9.78 Å². The fourth-order valence-electron chi connectivity index (χ4n) is 1.95. The van der Waals surface area contributed by atoms with Gasteiger partial charge in [-0.2, -0.15) is 0 Å². The van der Waals surface area contributed by atoms with Crippen molar-refractivity contribution in [1.29, 1.82) is 0 Å². The van der Waals surface area contributed by atoms with Crippen LogP contribution in [0.4, 0.5) is 5.13 Å². The molecule has 0 spiro atoms. The van der Waals surface area contributed by atoms with Gasteiger partial charge in [-0.15, -0.1) is 11.3 Å². The summed E-state index contributed by atoms with van der Waals surface area (Å²) in [6.07, 6.45) is 5.63. The fraction of sp³-hybridized carbons (Fsp3) is 0.600. The summed E-state index contributed by atoms with van der Waals surface area (Å²) in [4.78, 5) is 17.3. The molecule has 1 aliphatic rings. The molecule has 15 heavy (non-hydrogen) atoms. The molecule has 1 atom stereocenters. The molecule has 1 saturated heterocycles. The minimum atomic E-state index is -0.730. The first-order chi connectivity index (χ1) is 7.29. The van der Waals surface area contributed by atoms with Crippen LogP contribution in [-0.2, 0) is 4.79 Å². The summed E-state index contributed by atoms with van der Waals surface area (Å²) in [5.41, 5.74) is 0. The number of carboxylic acids is 1. The zero-order valence-electron chi connectivity index (χ0n) is 8.43. The number of hydrogen-bond donors (Lipinski definition) is 1. The number of carbonyl (C=O) groups is 1. The van der Waals surface area contributed by atoms with Gasteiger partial charge in [0.1, 0.15) is 6.04 Å². The van der Waals surface area contributed by atoms with Crippen molar-refractivity contribution in [2.45, 2.75) is 31.7 Å². The standard InChI is InChI=1S/C10H14N2O2S/c13-9(14)8-4-2-1-3-6-12(8)10-11-5-7-15-10/h5,7-8H,1-4,6H2,(H,13,14). The number of thiazole rings is 1. The summed E-state index contributed by atoms with van der Waals surface area (Å²) in [6, 6.07) is -0.390. The molecule has 4 nitrogen and oxygen atoms in total. The van der Waals surface area contributed by atoms with Gasteiger partial charge < -0.3 is 10.0 Å². The van der Waals surface area contributed by atoms with Gasteiger partial charge in [-0.05, 0) is 12.8 Å². The Hall–Kier alpha value is -1.10. The van der Waals surface area contributed by atoms with Crippen LogP contribution < -0.4 is 4.90 Å². The third-order valence-corrected chi connectivity index (χ3v) is 3.51. The minimum absolute atomic E-state index is 0.390. The van der Waals surface area contributed by atoms with Crippen molar-refractivity contribution in [2.24, 2.45) is 0 Å². The Kier molecular flexibility index (Phi) is 3.20. The lowest BCUT2D eigenvalue weighted by Gasteiger charge is -2.26. The Morgan fingerprint density at radius 1 is 1.53 bits per heavy atom. The zero-order valence-corrected chi connectivity index (χ0v) is 9.24. The van der Waals surface area contributed by atoms with E-state index >= 15 is 0 Å². The van der Waals surface area contributed by atoms with E-state index in [0.717, 1.165) is 37.4 Å². The van der Waals surface area contributed by atoms with Crippen LogP contribution in [0, 0.1) is 0 Å². The molecule has 1 aromatic heterocycles. The number of rotatable bonds is 2. The highest BCUT2D eigenvalue weighted by Crippen LogP contribution is 2.25. The van der Waals surface area contributed by atoms with E-state index in [9.17, 15) is 4.79 Å². The van der Waals surface area contributed by atoms with Crippen LogP contribution in [0.1, 0.15) is 25.7 Å². The molecule has 1 fully saturated rings. The Morgan fingerprint density at radius 2 is 2.40 bits per heavy atom. The Morgan fingerprint density at radius 3 is 3.07 bits per heavy atom. The minimum Gasteiger partial charge on any atom is -0.480 e. The van der Waals surface area contributed by atoms with Crippen LogP contribution in [0.2, 0.25) is 0 Å². The number of nitrogens with zero attached hydrogens (tertiary/aromatic N) is 2. The third-order valence-electron chi connectivity index (χ3n) is 2.70. The summed E-state index contributed by atoms with van der Waals surface area (Å²) in [6.45, 7) is 0.810. The number of carboxylic acid groups (broad SMARTS) is 1. The van der Waals surface area contributed by atoms with E-state index in [1.807, 2.05) is 10.3 Å². The Bertz CT molecular complexity index is 326. The molecule has 1 aromatic rings. The van der Waals surface area contributed by atoms with Gasteiger partial charge >= 0.3 is 5.97 Å². The van der Waals surface area contributed by atoms with E-state index in [4.69, 9.17) is 5.11 Å². The van der Waals surface area contributed by atoms with E-state index in [1.165, 1.54) is 11.3 Å². The van der Waals surface area contributed by atoms with Crippen LogP contribution >= 0.6 is 11.3 Å². The summed E-state index contributed by atoms with van der Waals surface area (Å²) >= 11 is 1.51. The topological polar surface area (TPSA) is 53.4 Å². The normalized spacial score (nSPS) is 22.4. The highest BCUT2D eigenvalue weighted by molar-refractivity contribution is 7.13. The fourth-order valence-corrected chi connectivity index (χ4v) is 2.67. The van der Waals surface area contributed by atoms with Gasteiger partial charge in [0.05, 0.1) is 0 Å². The number of aromatic nitrogens is 1. The first kappa shape index (κ1) is 10.4. The average Bonchev–Trinajstić information content (AvgIpc) is 2.61. The van der Waals surface area contributed by atoms with Crippen molar-refractivity contribution in [2.75, 3.05) is 11.4 Å². The first-order valence-electron chi connectivity index (χ1n) is 5.18. The van der Waals surface area contributed by atoms with Crippen molar-refractivity contribution in [1.82, 2.24) is 4.98 Å². The largest absolute Gasteiger partial charge is 0.480 e. The predicted octanol–water partition coefficient (Wildman–Crippen LogP) is 1.98. The highest BCUT2D eigenvalue weighted by atomic mass is 32.1. The van der Waals surface area contributed by atoms with Crippen molar-refractivity contribution < 1.29 is 9.90 Å². The van der Waals surface area contributed by atoms with E-state index < -0.39 is 12.0 Å². The van der Waals surface area contributed by atoms with Gasteiger partial charge in [0, 0.05) is 18.1 Å². The molecule has 0 aromatic carbocycles. The Balaban J connectivity index is 2.20. The quantitative estimate of drug-likeness (QED) is 0.837. The molecule has 0 saturated carbocycles. The maximum Gasteiger partial charge on any atom is 0.326 e. The van der Waals surface area contributed by atoms with Crippen LogP contribution in [-0.4, -0.2) is 28.6 Å². The summed E-state index contributed by atoms with van der Waals surface area (Å²) in [5.74, 6) is -0.730. The second-order valence-corrected chi connectivity index (χ2v) is 4.58. The number of aliphatic carboxylic acids is 1. The molecule has 5 heteroatoms. The second kappa shape index (κ2) is 4.61. The van der Waals surface area contributed by atoms with Crippen molar-refractivity contribution in [3.63, 3.8) is 0 Å². The lowest BCUT2D eigenvalue weighted by atomic mass is 10.1. The van der Waals surface area contributed by atoms with Crippen LogP contribution in [0.3, 0.4) is 0 Å². The molecule has 0 amide bonds. The van der Waals surface area contributed by atoms with Crippen molar-refractivity contribution in [3.05, 3.63) is 11.6 Å². The van der Waals surface area contributed by atoms with Crippen LogP contribution in [0.15, 0.2) is 11.6 Å². The Labute approximate surface area is 92.6 Å². The molecule has 2 rings (SSSR count). The third kappa shape index (κ3) is 2.28. The molecule has 0 aliphatic carbocycles. The highest BCUT2D eigenvalue weighted by Gasteiger charge is 2.28. The first-order valence-corrected chi connectivity index (χ1v) is 6.06. The van der Waals surface area contributed by atoms with Crippen molar-refractivity contribution >= 4 is 22.4 Å².